The van der Waals surface area contributed by atoms with Crippen LogP contribution in [0.2, 0.25) is 0 Å². The van der Waals surface area contributed by atoms with E-state index in [0.717, 1.165) is 0 Å². The Bertz CT molecular complexity index is 634. The molecule has 0 bridgehead atoms. The van der Waals surface area contributed by atoms with Crippen LogP contribution >= 0.6 is 0 Å². The molecule has 1 fully saturated rings. The SMILES string of the molecule is CN(CCOc1ccc(F)cc1)C(=O)C1CCN(C(=O)OC(C)(C)C)CC1. The number of carbonyl (C=O) groups excluding carboxylic acids is 2. The van der Waals surface area contributed by atoms with Crippen molar-refractivity contribution >= 4 is 12.0 Å². The lowest BCUT2D eigenvalue weighted by atomic mass is 9.95. The molecule has 0 spiro atoms. The van der Waals surface area contributed by atoms with Crippen LogP contribution in [-0.4, -0.2) is 60.7 Å². The lowest BCUT2D eigenvalue weighted by Crippen LogP contribution is -2.45. The van der Waals surface area contributed by atoms with E-state index in [1.165, 1.54) is 12.1 Å². The van der Waals surface area contributed by atoms with Crippen LogP contribution in [0, 0.1) is 11.7 Å². The standard InChI is InChI=1S/C20H29FN2O4/c1-20(2,3)27-19(25)23-11-9-15(10-12-23)18(24)22(4)13-14-26-17-7-5-16(21)6-8-17/h5-8,15H,9-14H2,1-4H3. The summed E-state index contributed by atoms with van der Waals surface area (Å²) in [4.78, 5) is 28.0. The number of likely N-dealkylation sites (N-methyl/N-ethyl adjacent to an activating group) is 1. The maximum absolute atomic E-state index is 12.9. The fourth-order valence-corrected chi connectivity index (χ4v) is 2.89. The van der Waals surface area contributed by atoms with Crippen molar-refractivity contribution in [3.8, 4) is 5.75 Å². The van der Waals surface area contributed by atoms with Crippen molar-refractivity contribution in [3.05, 3.63) is 30.1 Å². The minimum atomic E-state index is -0.519. The molecule has 7 heteroatoms. The molecule has 0 N–H and O–H groups in total. The first-order valence-corrected chi connectivity index (χ1v) is 9.27. The Kier molecular flexibility index (Phi) is 7.05. The second kappa shape index (κ2) is 9.06. The van der Waals surface area contributed by atoms with Gasteiger partial charge in [0.05, 0.1) is 6.54 Å². The summed E-state index contributed by atoms with van der Waals surface area (Å²) in [6, 6.07) is 5.79. The van der Waals surface area contributed by atoms with Gasteiger partial charge in [-0.1, -0.05) is 0 Å². The normalized spacial score (nSPS) is 15.4. The third-order valence-corrected chi connectivity index (χ3v) is 4.38. The van der Waals surface area contributed by atoms with Crippen LogP contribution in [-0.2, 0) is 9.53 Å². The molecule has 1 heterocycles. The van der Waals surface area contributed by atoms with Gasteiger partial charge < -0.3 is 19.3 Å². The first-order valence-electron chi connectivity index (χ1n) is 9.27. The number of ether oxygens (including phenoxy) is 2. The second-order valence-corrected chi connectivity index (χ2v) is 7.80. The highest BCUT2D eigenvalue weighted by Crippen LogP contribution is 2.21. The molecule has 27 heavy (non-hydrogen) atoms. The Morgan fingerprint density at radius 2 is 1.78 bits per heavy atom. The number of benzene rings is 1. The molecule has 1 aromatic carbocycles. The Balaban J connectivity index is 1.72. The summed E-state index contributed by atoms with van der Waals surface area (Å²) in [5, 5.41) is 0. The molecule has 0 aromatic heterocycles. The van der Waals surface area contributed by atoms with Crippen LogP contribution < -0.4 is 4.74 Å². The topological polar surface area (TPSA) is 59.1 Å². The Labute approximate surface area is 160 Å². The molecule has 0 unspecified atom stereocenters. The molecule has 0 atom stereocenters. The highest BCUT2D eigenvalue weighted by molar-refractivity contribution is 5.79. The summed E-state index contributed by atoms with van der Waals surface area (Å²) in [6.07, 6.45) is 0.928. The van der Waals surface area contributed by atoms with Crippen LogP contribution in [0.4, 0.5) is 9.18 Å². The first-order chi connectivity index (χ1) is 12.7. The van der Waals surface area contributed by atoms with Gasteiger partial charge in [0.15, 0.2) is 0 Å². The molecule has 2 rings (SSSR count). The highest BCUT2D eigenvalue weighted by Gasteiger charge is 2.31. The summed E-state index contributed by atoms with van der Waals surface area (Å²) in [5.41, 5.74) is -0.519. The number of halogens is 1. The van der Waals surface area contributed by atoms with Gasteiger partial charge in [-0.05, 0) is 57.9 Å². The van der Waals surface area contributed by atoms with E-state index >= 15 is 0 Å². The molecule has 1 aliphatic heterocycles. The zero-order chi connectivity index (χ0) is 20.0. The van der Waals surface area contributed by atoms with Crippen LogP contribution in [0.3, 0.4) is 0 Å². The van der Waals surface area contributed by atoms with Gasteiger partial charge in [0.1, 0.15) is 23.8 Å². The predicted molar refractivity (Wildman–Crippen MR) is 100 cm³/mol. The van der Waals surface area contributed by atoms with E-state index in [0.29, 0.717) is 44.8 Å². The maximum Gasteiger partial charge on any atom is 0.410 e. The van der Waals surface area contributed by atoms with Gasteiger partial charge in [0.25, 0.3) is 0 Å². The van der Waals surface area contributed by atoms with E-state index in [1.54, 1.807) is 29.0 Å². The molecule has 0 saturated carbocycles. The lowest BCUT2D eigenvalue weighted by Gasteiger charge is -2.34. The van der Waals surface area contributed by atoms with Gasteiger partial charge in [0.2, 0.25) is 5.91 Å². The van der Waals surface area contributed by atoms with Crippen LogP contribution in [0.1, 0.15) is 33.6 Å². The number of carbonyl (C=O) groups is 2. The summed E-state index contributed by atoms with van der Waals surface area (Å²) in [7, 11) is 1.75. The number of hydrogen-bond donors (Lipinski definition) is 0. The van der Waals surface area contributed by atoms with Crippen molar-refractivity contribution in [2.75, 3.05) is 33.3 Å². The van der Waals surface area contributed by atoms with Crippen molar-refractivity contribution in [1.82, 2.24) is 9.80 Å². The number of hydrogen-bond acceptors (Lipinski definition) is 4. The smallest absolute Gasteiger partial charge is 0.410 e. The van der Waals surface area contributed by atoms with Crippen LogP contribution in [0.5, 0.6) is 5.75 Å². The van der Waals surface area contributed by atoms with Gasteiger partial charge in [-0.15, -0.1) is 0 Å². The Morgan fingerprint density at radius 3 is 2.33 bits per heavy atom. The van der Waals surface area contributed by atoms with Crippen molar-refractivity contribution in [2.45, 2.75) is 39.2 Å². The molecule has 1 aromatic rings. The lowest BCUT2D eigenvalue weighted by molar-refractivity contribution is -0.136. The van der Waals surface area contributed by atoms with E-state index < -0.39 is 5.60 Å². The average molecular weight is 380 g/mol. The molecular formula is C20H29FN2O4. The van der Waals surface area contributed by atoms with Crippen molar-refractivity contribution < 1.29 is 23.5 Å². The minimum Gasteiger partial charge on any atom is -0.492 e. The van der Waals surface area contributed by atoms with E-state index in [1.807, 2.05) is 20.8 Å². The number of rotatable bonds is 5. The van der Waals surface area contributed by atoms with Crippen molar-refractivity contribution in [3.63, 3.8) is 0 Å². The van der Waals surface area contributed by atoms with Gasteiger partial charge in [0, 0.05) is 26.1 Å². The Morgan fingerprint density at radius 1 is 1.19 bits per heavy atom. The monoisotopic (exact) mass is 380 g/mol. The molecule has 0 radical (unpaired) electrons. The molecule has 0 aliphatic carbocycles. The van der Waals surface area contributed by atoms with Gasteiger partial charge in [-0.3, -0.25) is 4.79 Å². The van der Waals surface area contributed by atoms with E-state index in [4.69, 9.17) is 9.47 Å². The zero-order valence-corrected chi connectivity index (χ0v) is 16.5. The average Bonchev–Trinajstić information content (AvgIpc) is 2.61. The van der Waals surface area contributed by atoms with Crippen LogP contribution in [0.15, 0.2) is 24.3 Å². The number of nitrogens with zero attached hydrogens (tertiary/aromatic N) is 2. The van der Waals surface area contributed by atoms with Crippen LogP contribution in [0.25, 0.3) is 0 Å². The van der Waals surface area contributed by atoms with E-state index in [9.17, 15) is 14.0 Å². The van der Waals surface area contributed by atoms with Crippen molar-refractivity contribution in [2.24, 2.45) is 5.92 Å². The molecular weight excluding hydrogens is 351 g/mol. The summed E-state index contributed by atoms with van der Waals surface area (Å²) < 4.78 is 23.8. The molecule has 2 amide bonds. The fraction of sp³-hybridized carbons (Fsp3) is 0.600. The Hall–Kier alpha value is -2.31. The van der Waals surface area contributed by atoms with Gasteiger partial charge in [-0.2, -0.15) is 0 Å². The molecule has 1 saturated heterocycles. The minimum absolute atomic E-state index is 0.0570. The van der Waals surface area contributed by atoms with Crippen molar-refractivity contribution in [1.29, 1.82) is 0 Å². The number of piperidine rings is 1. The third-order valence-electron chi connectivity index (χ3n) is 4.38. The largest absolute Gasteiger partial charge is 0.492 e. The number of likely N-dealkylation sites (tertiary alicyclic amines) is 1. The van der Waals surface area contributed by atoms with E-state index in [-0.39, 0.29) is 23.7 Å². The number of amides is 2. The summed E-state index contributed by atoms with van der Waals surface area (Å²) in [5.74, 6) is 0.219. The van der Waals surface area contributed by atoms with Gasteiger partial charge in [-0.25, -0.2) is 9.18 Å². The zero-order valence-electron chi connectivity index (χ0n) is 16.5. The highest BCUT2D eigenvalue weighted by atomic mass is 19.1. The summed E-state index contributed by atoms with van der Waals surface area (Å²) in [6.45, 7) is 7.34. The third kappa shape index (κ3) is 6.73. The first kappa shape index (κ1) is 21.0. The maximum atomic E-state index is 12.9. The quantitative estimate of drug-likeness (QED) is 0.786. The summed E-state index contributed by atoms with van der Waals surface area (Å²) >= 11 is 0. The second-order valence-electron chi connectivity index (χ2n) is 7.80. The van der Waals surface area contributed by atoms with E-state index in [2.05, 4.69) is 0 Å². The van der Waals surface area contributed by atoms with Gasteiger partial charge >= 0.3 is 6.09 Å². The molecule has 1 aliphatic rings. The molecule has 150 valence electrons. The molecule has 6 nitrogen and oxygen atoms in total. The predicted octanol–water partition coefficient (Wildman–Crippen LogP) is 3.31. The fourth-order valence-electron chi connectivity index (χ4n) is 2.89.